The predicted molar refractivity (Wildman–Crippen MR) is 139 cm³/mol. The molecule has 5 rings (SSSR count). The lowest BCUT2D eigenvalue weighted by Gasteiger charge is -2.35. The first-order valence-electron chi connectivity index (χ1n) is 11.3. The normalized spacial score (nSPS) is 15.2. The van der Waals surface area contributed by atoms with Crippen LogP contribution in [0.15, 0.2) is 84.1 Å². The fourth-order valence-corrected chi connectivity index (χ4v) is 5.32. The highest BCUT2D eigenvalue weighted by molar-refractivity contribution is 7.93. The molecule has 1 N–H and O–H groups in total. The van der Waals surface area contributed by atoms with Crippen molar-refractivity contribution < 1.29 is 9.35 Å². The van der Waals surface area contributed by atoms with Crippen molar-refractivity contribution in [2.24, 2.45) is 0 Å². The summed E-state index contributed by atoms with van der Waals surface area (Å²) < 4.78 is 16.0. The summed E-state index contributed by atoms with van der Waals surface area (Å²) in [6, 6.07) is 18.4. The largest absolute Gasteiger partial charge is 0.588 e. The minimum atomic E-state index is -1.48. The number of benzene rings is 2. The molecule has 1 fully saturated rings. The van der Waals surface area contributed by atoms with Gasteiger partial charge in [0.25, 0.3) is 5.91 Å². The third-order valence-electron chi connectivity index (χ3n) is 6.05. The first-order valence-corrected chi connectivity index (χ1v) is 12.8. The average molecular weight is 506 g/mol. The third-order valence-corrected chi connectivity index (χ3v) is 7.54. The van der Waals surface area contributed by atoms with Crippen LogP contribution in [0.5, 0.6) is 0 Å². The molecule has 2 aromatic heterocycles. The average Bonchev–Trinajstić information content (AvgIpc) is 2.90. The van der Waals surface area contributed by atoms with Crippen LogP contribution in [0.4, 0.5) is 5.69 Å². The molecule has 0 bridgehead atoms. The molecular weight excluding hydrogens is 482 g/mol. The van der Waals surface area contributed by atoms with Crippen molar-refractivity contribution in [1.29, 1.82) is 0 Å². The molecule has 1 amide bonds. The van der Waals surface area contributed by atoms with Gasteiger partial charge in [0.05, 0.1) is 10.7 Å². The molecular formula is C26H24ClN5O2S. The van der Waals surface area contributed by atoms with Crippen LogP contribution >= 0.6 is 11.6 Å². The van der Waals surface area contributed by atoms with E-state index in [0.29, 0.717) is 39.8 Å². The summed E-state index contributed by atoms with van der Waals surface area (Å²) in [5, 5.41) is 1.60. The molecule has 0 aliphatic carbocycles. The summed E-state index contributed by atoms with van der Waals surface area (Å²) in [4.78, 5) is 26.2. The van der Waals surface area contributed by atoms with Gasteiger partial charge in [-0.25, -0.2) is 4.72 Å². The molecule has 7 nitrogen and oxygen atoms in total. The van der Waals surface area contributed by atoms with Crippen molar-refractivity contribution in [2.45, 2.75) is 11.4 Å². The van der Waals surface area contributed by atoms with Crippen LogP contribution in [-0.4, -0.2) is 56.4 Å². The zero-order valence-corrected chi connectivity index (χ0v) is 20.5. The number of hydrogen-bond acceptors (Lipinski definition) is 6. The van der Waals surface area contributed by atoms with E-state index in [2.05, 4.69) is 19.6 Å². The number of nitrogens with zero attached hydrogens (tertiary/aromatic N) is 4. The number of carbonyl (C=O) groups excluding carboxylic acids is 1. The number of para-hydroxylation sites is 1. The van der Waals surface area contributed by atoms with E-state index in [4.69, 9.17) is 11.6 Å². The SMILES string of the molecule is O=C(c1ccc(N[S+]([O-])c2cccc3cccnc23)cc1)N1CCN(Cc2ccncc2Cl)CC1. The van der Waals surface area contributed by atoms with Gasteiger partial charge in [-0.2, -0.15) is 0 Å². The van der Waals surface area contributed by atoms with Gasteiger partial charge in [0.15, 0.2) is 0 Å². The molecule has 9 heteroatoms. The number of rotatable bonds is 6. The molecule has 35 heavy (non-hydrogen) atoms. The van der Waals surface area contributed by atoms with Crippen molar-refractivity contribution in [3.8, 4) is 0 Å². The molecule has 2 aromatic carbocycles. The lowest BCUT2D eigenvalue weighted by Crippen LogP contribution is -2.48. The van der Waals surface area contributed by atoms with E-state index in [1.54, 1.807) is 48.9 Å². The number of carbonyl (C=O) groups is 1. The summed E-state index contributed by atoms with van der Waals surface area (Å²) >= 11 is 4.75. The van der Waals surface area contributed by atoms with Gasteiger partial charge in [0.2, 0.25) is 4.90 Å². The minimum Gasteiger partial charge on any atom is -0.588 e. The standard InChI is InChI=1S/C26H24ClN5O2S/c27-23-17-28-12-10-21(23)18-31-13-15-32(16-14-31)26(33)20-6-8-22(9-7-20)30-35(34)24-5-1-3-19-4-2-11-29-25(19)24/h1-12,17,30H,13-16,18H2. The number of anilines is 1. The maximum absolute atomic E-state index is 13.0. The maximum Gasteiger partial charge on any atom is 0.253 e. The van der Waals surface area contributed by atoms with E-state index in [1.165, 1.54) is 0 Å². The van der Waals surface area contributed by atoms with Gasteiger partial charge >= 0.3 is 0 Å². The highest BCUT2D eigenvalue weighted by atomic mass is 35.5. The zero-order valence-electron chi connectivity index (χ0n) is 18.9. The zero-order chi connectivity index (χ0) is 24.2. The van der Waals surface area contributed by atoms with Gasteiger partial charge < -0.3 is 9.45 Å². The van der Waals surface area contributed by atoms with Gasteiger partial charge in [-0.1, -0.05) is 29.8 Å². The van der Waals surface area contributed by atoms with E-state index in [-0.39, 0.29) is 5.91 Å². The van der Waals surface area contributed by atoms with Crippen molar-refractivity contribution in [3.63, 3.8) is 0 Å². The molecule has 1 aliphatic heterocycles. The van der Waals surface area contributed by atoms with Crippen LogP contribution in [0, 0.1) is 0 Å². The summed E-state index contributed by atoms with van der Waals surface area (Å²) in [6.45, 7) is 3.61. The Morgan fingerprint density at radius 1 is 1.00 bits per heavy atom. The summed E-state index contributed by atoms with van der Waals surface area (Å²) in [5.41, 5.74) is 3.03. The number of pyridine rings is 2. The van der Waals surface area contributed by atoms with E-state index >= 15 is 0 Å². The number of hydrogen-bond donors (Lipinski definition) is 1. The molecule has 0 spiro atoms. The molecule has 0 saturated carbocycles. The lowest BCUT2D eigenvalue weighted by atomic mass is 10.1. The van der Waals surface area contributed by atoms with Crippen LogP contribution in [0.1, 0.15) is 15.9 Å². The topological polar surface area (TPSA) is 84.4 Å². The fraction of sp³-hybridized carbons (Fsp3) is 0.192. The molecule has 1 unspecified atom stereocenters. The third kappa shape index (κ3) is 5.41. The van der Waals surface area contributed by atoms with E-state index < -0.39 is 11.4 Å². The molecule has 1 aliphatic rings. The Bertz CT molecular complexity index is 1320. The summed E-state index contributed by atoms with van der Waals surface area (Å²) in [6.07, 6.45) is 5.09. The van der Waals surface area contributed by atoms with Crippen molar-refractivity contribution >= 4 is 45.5 Å². The van der Waals surface area contributed by atoms with Crippen LogP contribution in [0.25, 0.3) is 10.9 Å². The van der Waals surface area contributed by atoms with E-state index in [1.807, 2.05) is 35.2 Å². The molecule has 0 radical (unpaired) electrons. The molecule has 3 heterocycles. The number of amides is 1. The highest BCUT2D eigenvalue weighted by Gasteiger charge is 2.23. The number of aromatic nitrogens is 2. The van der Waals surface area contributed by atoms with Crippen LogP contribution in [0.2, 0.25) is 5.02 Å². The molecule has 178 valence electrons. The Hall–Kier alpha value is -3.17. The Morgan fingerprint density at radius 2 is 1.77 bits per heavy atom. The number of nitrogens with one attached hydrogen (secondary N) is 1. The van der Waals surface area contributed by atoms with Crippen molar-refractivity contribution in [3.05, 3.63) is 95.4 Å². The Morgan fingerprint density at radius 3 is 2.54 bits per heavy atom. The second-order valence-corrected chi connectivity index (χ2v) is 9.90. The van der Waals surface area contributed by atoms with Crippen LogP contribution < -0.4 is 4.72 Å². The van der Waals surface area contributed by atoms with Crippen molar-refractivity contribution in [1.82, 2.24) is 19.8 Å². The number of piperazine rings is 1. The second-order valence-electron chi connectivity index (χ2n) is 8.31. The van der Waals surface area contributed by atoms with E-state index in [9.17, 15) is 9.35 Å². The monoisotopic (exact) mass is 505 g/mol. The Balaban J connectivity index is 1.18. The van der Waals surface area contributed by atoms with Gasteiger partial charge in [0, 0.05) is 62.3 Å². The first kappa shape index (κ1) is 23.6. The van der Waals surface area contributed by atoms with Crippen LogP contribution in [-0.2, 0) is 17.9 Å². The first-order chi connectivity index (χ1) is 17.1. The van der Waals surface area contributed by atoms with Crippen molar-refractivity contribution in [2.75, 3.05) is 30.9 Å². The lowest BCUT2D eigenvalue weighted by molar-refractivity contribution is 0.0628. The Kier molecular flexibility index (Phi) is 7.15. The summed E-state index contributed by atoms with van der Waals surface area (Å²) in [5.74, 6) is -0.00230. The van der Waals surface area contributed by atoms with E-state index in [0.717, 1.165) is 30.6 Å². The van der Waals surface area contributed by atoms with Gasteiger partial charge in [-0.3, -0.25) is 19.7 Å². The van der Waals surface area contributed by atoms with Gasteiger partial charge in [0.1, 0.15) is 16.9 Å². The number of fused-ring (bicyclic) bond motifs is 1. The smallest absolute Gasteiger partial charge is 0.253 e. The predicted octanol–water partition coefficient (Wildman–Crippen LogP) is 4.38. The molecule has 1 atom stereocenters. The fourth-order valence-electron chi connectivity index (χ4n) is 4.13. The minimum absolute atomic E-state index is 0.00230. The maximum atomic E-state index is 13.0. The number of halogens is 1. The summed E-state index contributed by atoms with van der Waals surface area (Å²) in [7, 11) is 0. The highest BCUT2D eigenvalue weighted by Crippen LogP contribution is 2.24. The Labute approximate surface area is 212 Å². The van der Waals surface area contributed by atoms with Gasteiger partial charge in [-0.05, 0) is 48.0 Å². The van der Waals surface area contributed by atoms with Crippen LogP contribution in [0.3, 0.4) is 0 Å². The quantitative estimate of drug-likeness (QED) is 0.391. The van der Waals surface area contributed by atoms with Gasteiger partial charge in [-0.15, -0.1) is 0 Å². The molecule has 4 aromatic rings. The second kappa shape index (κ2) is 10.6. The molecule has 1 saturated heterocycles.